The summed E-state index contributed by atoms with van der Waals surface area (Å²) in [6.45, 7) is 0. The fourth-order valence-corrected chi connectivity index (χ4v) is 13.1. The summed E-state index contributed by atoms with van der Waals surface area (Å²) in [7, 11) is 0. The Balaban J connectivity index is 1.04. The van der Waals surface area contributed by atoms with E-state index in [9.17, 15) is 0 Å². The van der Waals surface area contributed by atoms with Gasteiger partial charge in [0.1, 0.15) is 11.2 Å². The van der Waals surface area contributed by atoms with Crippen LogP contribution in [0, 0.1) is 41.4 Å². The van der Waals surface area contributed by atoms with Gasteiger partial charge in [-0.1, -0.05) is 97.1 Å². The molecule has 47 heavy (non-hydrogen) atoms. The van der Waals surface area contributed by atoms with Gasteiger partial charge in [0, 0.05) is 16.2 Å². The van der Waals surface area contributed by atoms with Crippen LogP contribution in [0.3, 0.4) is 0 Å². The van der Waals surface area contributed by atoms with E-state index in [1.54, 1.807) is 24.8 Å². The molecular weight excluding hydrogens is 569 g/mol. The summed E-state index contributed by atoms with van der Waals surface area (Å²) in [5, 5.41) is 7.64. The molecule has 0 radical (unpaired) electrons. The smallest absolute Gasteiger partial charge is 0.135 e. The van der Waals surface area contributed by atoms with Crippen LogP contribution in [0.4, 0.5) is 0 Å². The predicted octanol–water partition coefficient (Wildman–Crippen LogP) is 12.2. The van der Waals surface area contributed by atoms with Crippen molar-refractivity contribution < 1.29 is 4.42 Å². The molecule has 7 aliphatic carbocycles. The van der Waals surface area contributed by atoms with Gasteiger partial charge in [-0.3, -0.25) is 0 Å². The van der Waals surface area contributed by atoms with Gasteiger partial charge in [0.05, 0.1) is 0 Å². The van der Waals surface area contributed by atoms with Gasteiger partial charge in [-0.05, 0) is 148 Å². The molecule has 7 aliphatic rings. The number of fused-ring (bicyclic) bond motifs is 5. The molecule has 4 unspecified atom stereocenters. The minimum absolute atomic E-state index is 0.451. The van der Waals surface area contributed by atoms with Crippen LogP contribution in [0.25, 0.3) is 65.7 Å². The van der Waals surface area contributed by atoms with Gasteiger partial charge in [0.25, 0.3) is 0 Å². The average molecular weight is 607 g/mol. The molecule has 0 amide bonds. The predicted molar refractivity (Wildman–Crippen MR) is 193 cm³/mol. The summed E-state index contributed by atoms with van der Waals surface area (Å²) in [6.07, 6.45) is 9.13. The van der Waals surface area contributed by atoms with Gasteiger partial charge in [-0.15, -0.1) is 0 Å². The van der Waals surface area contributed by atoms with E-state index in [-0.39, 0.29) is 0 Å². The summed E-state index contributed by atoms with van der Waals surface area (Å²) in [5.74, 6) is 6.96. The fourth-order valence-electron chi connectivity index (χ4n) is 13.1. The summed E-state index contributed by atoms with van der Waals surface area (Å²) in [5.41, 5.74) is 9.29. The highest BCUT2D eigenvalue weighted by Gasteiger charge is 2.70. The third-order valence-electron chi connectivity index (χ3n) is 14.4. The lowest BCUT2D eigenvalue weighted by Gasteiger charge is -2.74. The van der Waals surface area contributed by atoms with E-state index in [0.717, 1.165) is 52.6 Å². The van der Waals surface area contributed by atoms with Gasteiger partial charge in [-0.2, -0.15) is 0 Å². The molecule has 8 bridgehead atoms. The lowest BCUT2D eigenvalue weighted by atomic mass is 9.30. The van der Waals surface area contributed by atoms with Crippen LogP contribution in [0.2, 0.25) is 0 Å². The maximum Gasteiger partial charge on any atom is 0.135 e. The van der Waals surface area contributed by atoms with E-state index in [0.29, 0.717) is 5.41 Å². The third-order valence-corrected chi connectivity index (χ3v) is 14.4. The monoisotopic (exact) mass is 606 g/mol. The van der Waals surface area contributed by atoms with Crippen molar-refractivity contribution in [3.8, 4) is 22.3 Å². The topological polar surface area (TPSA) is 13.1 Å². The highest BCUT2D eigenvalue weighted by Crippen LogP contribution is 2.76. The highest BCUT2D eigenvalue weighted by molar-refractivity contribution is 6.22. The number of hydrogen-bond donors (Lipinski definition) is 0. The van der Waals surface area contributed by atoms with Crippen molar-refractivity contribution in [1.82, 2.24) is 0 Å². The zero-order valence-corrected chi connectivity index (χ0v) is 26.7. The van der Waals surface area contributed by atoms with Crippen molar-refractivity contribution in [3.05, 3.63) is 121 Å². The molecule has 1 nitrogen and oxygen atoms in total. The van der Waals surface area contributed by atoms with Crippen LogP contribution >= 0.6 is 0 Å². The van der Waals surface area contributed by atoms with E-state index in [2.05, 4.69) is 115 Å². The Labute approximate surface area is 275 Å². The molecule has 0 spiro atoms. The standard InChI is InChI=1S/C46H38O/c1-3-10-34-32(8-1)44(33-9-2-4-11-35(33)45(34)29-15-18-43-39(24-29)31-7-5-6-12-42(31)47-43)28-13-16-30(17-14-28)46-25-27-20-37-36-19-26(22-40(37)46)23-41(46)38(36)21-27/h1-18,24,26-27,36-38,40-41H,19-23,25H2. The summed E-state index contributed by atoms with van der Waals surface area (Å²) >= 11 is 0. The molecule has 7 aromatic rings. The lowest BCUT2D eigenvalue weighted by molar-refractivity contribution is -0.220. The molecule has 6 aromatic carbocycles. The SMILES string of the molecule is c1ccc2c(c1)oc1ccc(-c3c4ccccc4c(-c4ccc(C56CC7CC8C9CC(CC85)CC6C9C7)cc4)c4ccccc34)cc12. The minimum atomic E-state index is 0.451. The summed E-state index contributed by atoms with van der Waals surface area (Å²) < 4.78 is 6.21. The maximum atomic E-state index is 6.21. The molecule has 4 atom stereocenters. The Morgan fingerprint density at radius 3 is 1.64 bits per heavy atom. The molecule has 1 aromatic heterocycles. The van der Waals surface area contributed by atoms with E-state index < -0.39 is 0 Å². The number of benzene rings is 6. The Morgan fingerprint density at radius 1 is 0.447 bits per heavy atom. The zero-order valence-electron chi connectivity index (χ0n) is 26.7. The van der Waals surface area contributed by atoms with Gasteiger partial charge in [0.15, 0.2) is 0 Å². The van der Waals surface area contributed by atoms with Crippen LogP contribution in [0.5, 0.6) is 0 Å². The molecule has 7 fully saturated rings. The summed E-state index contributed by atoms with van der Waals surface area (Å²) in [4.78, 5) is 0. The molecule has 0 N–H and O–H groups in total. The lowest BCUT2D eigenvalue weighted by Crippen LogP contribution is -2.69. The van der Waals surface area contributed by atoms with Crippen LogP contribution in [0.15, 0.2) is 120 Å². The van der Waals surface area contributed by atoms with E-state index >= 15 is 0 Å². The van der Waals surface area contributed by atoms with Gasteiger partial charge in [-0.25, -0.2) is 0 Å². The van der Waals surface area contributed by atoms with Gasteiger partial charge < -0.3 is 4.42 Å². The van der Waals surface area contributed by atoms with Gasteiger partial charge >= 0.3 is 0 Å². The van der Waals surface area contributed by atoms with Crippen LogP contribution < -0.4 is 0 Å². The number of para-hydroxylation sites is 1. The average Bonchev–Trinajstić information content (AvgIpc) is 3.50. The van der Waals surface area contributed by atoms with Crippen LogP contribution in [-0.2, 0) is 5.41 Å². The van der Waals surface area contributed by atoms with E-state index in [4.69, 9.17) is 4.42 Å². The number of hydrogen-bond acceptors (Lipinski definition) is 1. The van der Waals surface area contributed by atoms with Crippen LogP contribution in [0.1, 0.15) is 44.1 Å². The third kappa shape index (κ3) is 3.22. The van der Waals surface area contributed by atoms with Gasteiger partial charge in [0.2, 0.25) is 0 Å². The highest BCUT2D eigenvalue weighted by atomic mass is 16.3. The quantitative estimate of drug-likeness (QED) is 0.182. The molecule has 7 saturated carbocycles. The molecule has 1 heteroatoms. The Hall–Kier alpha value is -4.36. The number of furan rings is 1. The maximum absolute atomic E-state index is 6.21. The molecule has 0 aliphatic heterocycles. The van der Waals surface area contributed by atoms with Crippen LogP contribution in [-0.4, -0.2) is 0 Å². The zero-order chi connectivity index (χ0) is 30.4. The first-order chi connectivity index (χ1) is 23.2. The Kier molecular flexibility index (Phi) is 4.90. The molecule has 1 heterocycles. The van der Waals surface area contributed by atoms with Crippen molar-refractivity contribution >= 4 is 43.5 Å². The van der Waals surface area contributed by atoms with Crippen molar-refractivity contribution in [1.29, 1.82) is 0 Å². The summed E-state index contributed by atoms with van der Waals surface area (Å²) in [6, 6.07) is 43.5. The van der Waals surface area contributed by atoms with Crippen molar-refractivity contribution in [2.45, 2.75) is 43.9 Å². The second kappa shape index (κ2) is 8.95. The molecular formula is C46H38O. The number of rotatable bonds is 3. The van der Waals surface area contributed by atoms with Crippen molar-refractivity contribution in [2.24, 2.45) is 41.4 Å². The van der Waals surface area contributed by atoms with E-state index in [1.807, 2.05) is 0 Å². The normalized spacial score (nSPS) is 31.6. The first-order valence-electron chi connectivity index (χ1n) is 18.2. The first kappa shape index (κ1) is 25.7. The Bertz CT molecular complexity index is 2350. The molecule has 0 saturated heterocycles. The second-order valence-electron chi connectivity index (χ2n) is 16.1. The van der Waals surface area contributed by atoms with E-state index in [1.165, 1.54) is 73.8 Å². The van der Waals surface area contributed by atoms with Crippen molar-refractivity contribution in [3.63, 3.8) is 0 Å². The Morgan fingerprint density at radius 2 is 0.979 bits per heavy atom. The fraction of sp³-hybridized carbons (Fsp3) is 0.304. The van der Waals surface area contributed by atoms with Crippen molar-refractivity contribution in [2.75, 3.05) is 0 Å². The largest absolute Gasteiger partial charge is 0.456 e. The molecule has 228 valence electrons. The molecule has 14 rings (SSSR count). The first-order valence-corrected chi connectivity index (χ1v) is 18.2. The second-order valence-corrected chi connectivity index (χ2v) is 16.1. The minimum Gasteiger partial charge on any atom is -0.456 e.